The molecule has 1 nitrogen and oxygen atoms in total. The first-order chi connectivity index (χ1) is 8.43. The van der Waals surface area contributed by atoms with Crippen LogP contribution in [-0.4, -0.2) is 21.3 Å². The summed E-state index contributed by atoms with van der Waals surface area (Å²) in [6, 6.07) is 4.36. The molecule has 102 valence electrons. The number of halogens is 1. The van der Waals surface area contributed by atoms with Crippen molar-refractivity contribution in [1.29, 1.82) is 0 Å². The molecule has 0 heterocycles. The fourth-order valence-corrected chi connectivity index (χ4v) is 2.61. The van der Waals surface area contributed by atoms with E-state index in [4.69, 9.17) is 4.74 Å². The number of ether oxygens (including phenoxy) is 1. The van der Waals surface area contributed by atoms with Crippen LogP contribution in [0.3, 0.4) is 0 Å². The molecule has 19 heavy (non-hydrogen) atoms. The van der Waals surface area contributed by atoms with Crippen LogP contribution in [0.4, 0.5) is 0 Å². The van der Waals surface area contributed by atoms with E-state index in [1.165, 1.54) is 11.1 Å². The van der Waals surface area contributed by atoms with Crippen molar-refractivity contribution >= 4 is 32.2 Å². The van der Waals surface area contributed by atoms with Gasteiger partial charge in [0.1, 0.15) is 0 Å². The minimum absolute atomic E-state index is 0.0542. The van der Waals surface area contributed by atoms with Gasteiger partial charge in [0.05, 0.1) is 0 Å². The molecule has 1 aromatic carbocycles. The summed E-state index contributed by atoms with van der Waals surface area (Å²) < 4.78 is 7.24. The van der Waals surface area contributed by atoms with Gasteiger partial charge < -0.3 is 0 Å². The zero-order valence-electron chi connectivity index (χ0n) is 13.1. The molecule has 0 aromatic heterocycles. The van der Waals surface area contributed by atoms with Crippen molar-refractivity contribution in [2.24, 2.45) is 0 Å². The molecule has 1 aromatic rings. The van der Waals surface area contributed by atoms with Crippen molar-refractivity contribution in [2.75, 3.05) is 0 Å². The summed E-state index contributed by atoms with van der Waals surface area (Å²) in [5, 5.41) is 0. The molecule has 3 heteroatoms. The second-order valence-electron chi connectivity index (χ2n) is 7.15. The summed E-state index contributed by atoms with van der Waals surface area (Å²) in [7, 11) is 0. The van der Waals surface area contributed by atoms with Crippen LogP contribution < -0.4 is 4.74 Å². The van der Waals surface area contributed by atoms with Gasteiger partial charge in [0, 0.05) is 0 Å². The van der Waals surface area contributed by atoms with Gasteiger partial charge in [0.2, 0.25) is 0 Å². The minimum atomic E-state index is 0.0542. The Morgan fingerprint density at radius 2 is 1.37 bits per heavy atom. The van der Waals surface area contributed by atoms with Crippen molar-refractivity contribution in [1.82, 2.24) is 0 Å². The summed E-state index contributed by atoms with van der Waals surface area (Å²) in [6.07, 6.45) is 0. The van der Waals surface area contributed by atoms with Crippen LogP contribution in [0.2, 0.25) is 0 Å². The van der Waals surface area contributed by atoms with E-state index in [9.17, 15) is 0 Å². The van der Waals surface area contributed by atoms with Crippen LogP contribution in [0.25, 0.3) is 0 Å². The van der Waals surface area contributed by atoms with E-state index in [1.807, 2.05) is 6.92 Å². The van der Waals surface area contributed by atoms with Crippen molar-refractivity contribution in [3.05, 3.63) is 27.7 Å². The first-order valence-corrected chi connectivity index (χ1v) is 8.15. The number of hydrogen-bond donors (Lipinski definition) is 0. The second kappa shape index (κ2) is 5.80. The third kappa shape index (κ3) is 4.52. The Labute approximate surface area is 134 Å². The molecule has 0 aliphatic rings. The molecule has 0 bridgehead atoms. The van der Waals surface area contributed by atoms with Gasteiger partial charge in [0.25, 0.3) is 0 Å². The van der Waals surface area contributed by atoms with Crippen molar-refractivity contribution in [3.63, 3.8) is 0 Å². The molecular weight excluding hydrogens is 315 g/mol. The molecule has 0 radical (unpaired) electrons. The monoisotopic (exact) mass is 338 g/mol. The molecule has 1 unspecified atom stereocenters. The Hall–Kier alpha value is 0.0325. The quantitative estimate of drug-likeness (QED) is 0.694. The Kier molecular flexibility index (Phi) is 5.22. The molecule has 0 saturated heterocycles. The van der Waals surface area contributed by atoms with E-state index in [2.05, 4.69) is 85.9 Å². The third-order valence-corrected chi connectivity index (χ3v) is 3.57. The molecule has 0 aliphatic heterocycles. The first kappa shape index (κ1) is 17.1. The summed E-state index contributed by atoms with van der Waals surface area (Å²) in [5.41, 5.74) is 2.61. The molecular formula is C16H24AlBrO+2. The molecule has 1 atom stereocenters. The van der Waals surface area contributed by atoms with E-state index in [-0.39, 0.29) is 15.8 Å². The van der Waals surface area contributed by atoms with Gasteiger partial charge in [-0.1, -0.05) is 0 Å². The fourth-order valence-electron chi connectivity index (χ4n) is 2.02. The van der Waals surface area contributed by atoms with Gasteiger partial charge in [-0.05, 0) is 0 Å². The summed E-state index contributed by atoms with van der Waals surface area (Å²) >= 11 is 6.35. The van der Waals surface area contributed by atoms with Gasteiger partial charge in [0.15, 0.2) is 0 Å². The Bertz CT molecular complexity index is 418. The van der Waals surface area contributed by atoms with Gasteiger partial charge in [-0.25, -0.2) is 0 Å². The van der Waals surface area contributed by atoms with Gasteiger partial charge in [-0.2, -0.15) is 0 Å². The van der Waals surface area contributed by atoms with Crippen LogP contribution in [0.5, 0.6) is 5.75 Å². The third-order valence-electron chi connectivity index (χ3n) is 2.97. The fraction of sp³-hybridized carbons (Fsp3) is 0.625. The van der Waals surface area contributed by atoms with Crippen LogP contribution in [0, 0.1) is 0 Å². The predicted octanol–water partition coefficient (Wildman–Crippen LogP) is 4.94. The molecule has 0 N–H and O–H groups in total. The van der Waals surface area contributed by atoms with E-state index in [0.29, 0.717) is 0 Å². The number of benzene rings is 1. The zero-order chi connectivity index (χ0) is 15.0. The average Bonchev–Trinajstić information content (AvgIpc) is 2.16. The van der Waals surface area contributed by atoms with Crippen molar-refractivity contribution in [2.45, 2.75) is 64.3 Å². The Morgan fingerprint density at radius 3 is 1.63 bits per heavy atom. The molecule has 0 amide bonds. The Balaban J connectivity index is 3.58. The van der Waals surface area contributed by atoms with E-state index in [1.54, 1.807) is 0 Å². The van der Waals surface area contributed by atoms with Crippen LogP contribution in [-0.2, 0) is 10.8 Å². The molecule has 0 fully saturated rings. The summed E-state index contributed by atoms with van der Waals surface area (Å²) in [6.45, 7) is 15.4. The van der Waals surface area contributed by atoms with Crippen LogP contribution in [0.15, 0.2) is 16.6 Å². The van der Waals surface area contributed by atoms with E-state index < -0.39 is 0 Å². The summed E-state index contributed by atoms with van der Waals surface area (Å²) in [4.78, 5) is 0.100. The van der Waals surface area contributed by atoms with Gasteiger partial charge in [-0.15, -0.1) is 0 Å². The predicted molar refractivity (Wildman–Crippen MR) is 87.4 cm³/mol. The number of hydrogen-bond acceptors (Lipinski definition) is 1. The molecule has 0 saturated carbocycles. The zero-order valence-corrected chi connectivity index (χ0v) is 15.8. The normalized spacial score (nSPS) is 14.4. The maximum absolute atomic E-state index is 6.13. The standard InChI is InChI=1S/C16H24BrO.Al/c1-8-18-14-12(15(2,3)4)9-11(17)10-13(14)16(5,6)7;/h8-10H,1-7H3;/q;+2. The van der Waals surface area contributed by atoms with Gasteiger partial charge >= 0.3 is 135 Å². The molecule has 0 spiro atoms. The van der Waals surface area contributed by atoms with Crippen molar-refractivity contribution < 1.29 is 4.74 Å². The van der Waals surface area contributed by atoms with E-state index in [0.717, 1.165) is 10.2 Å². The van der Waals surface area contributed by atoms with Crippen molar-refractivity contribution in [3.8, 4) is 5.75 Å². The van der Waals surface area contributed by atoms with Crippen LogP contribution >= 0.6 is 15.9 Å². The number of rotatable bonds is 2. The van der Waals surface area contributed by atoms with E-state index >= 15 is 0 Å². The first-order valence-electron chi connectivity index (χ1n) is 6.69. The molecule has 1 rings (SSSR count). The molecule has 0 aliphatic carbocycles. The van der Waals surface area contributed by atoms with Crippen LogP contribution in [0.1, 0.15) is 59.6 Å². The van der Waals surface area contributed by atoms with Gasteiger partial charge in [-0.3, -0.25) is 0 Å². The summed E-state index contributed by atoms with van der Waals surface area (Å²) in [5.74, 6) is 1.03. The SMILES string of the molecule is C[CH]([Al+2])Oc1c(C(C)(C)C)cc(Br)cc1C(C)(C)C. The second-order valence-corrected chi connectivity index (χ2v) is 9.01. The average molecular weight is 339 g/mol. The Morgan fingerprint density at radius 1 is 1.00 bits per heavy atom. The topological polar surface area (TPSA) is 9.23 Å². The maximum atomic E-state index is 6.13.